The molecule has 1 aliphatic rings. The van der Waals surface area contributed by atoms with Crippen LogP contribution in [-0.2, 0) is 10.0 Å². The normalized spacial score (nSPS) is 13.2. The van der Waals surface area contributed by atoms with Gasteiger partial charge in [0.1, 0.15) is 5.82 Å². The van der Waals surface area contributed by atoms with Gasteiger partial charge < -0.3 is 9.47 Å². The molecule has 1 aliphatic heterocycles. The lowest BCUT2D eigenvalue weighted by atomic mass is 10.2. The molecule has 0 saturated carbocycles. The number of hydrogen-bond acceptors (Lipinski definition) is 4. The Bertz CT molecular complexity index is 805. The Morgan fingerprint density at radius 3 is 2.62 bits per heavy atom. The van der Waals surface area contributed by atoms with Crippen molar-refractivity contribution in [2.75, 3.05) is 11.5 Å². The third-order valence-electron chi connectivity index (χ3n) is 3.06. The summed E-state index contributed by atoms with van der Waals surface area (Å²) in [6, 6.07) is 8.36. The van der Waals surface area contributed by atoms with Gasteiger partial charge in [-0.25, -0.2) is 12.8 Å². The molecule has 0 amide bonds. The predicted octanol–water partition coefficient (Wildman–Crippen LogP) is 2.66. The third-order valence-corrected chi connectivity index (χ3v) is 4.44. The van der Waals surface area contributed by atoms with Crippen molar-refractivity contribution >= 4 is 15.7 Å². The van der Waals surface area contributed by atoms with Crippen LogP contribution in [0.5, 0.6) is 11.5 Å². The van der Waals surface area contributed by atoms with Crippen LogP contribution in [0.25, 0.3) is 0 Å². The first-order valence-corrected chi connectivity index (χ1v) is 7.63. The molecular weight excluding hydrogens is 297 g/mol. The van der Waals surface area contributed by atoms with Gasteiger partial charge in [0.25, 0.3) is 10.0 Å². The number of fused-ring (bicyclic) bond motifs is 1. The van der Waals surface area contributed by atoms with Crippen LogP contribution >= 0.6 is 0 Å². The highest BCUT2D eigenvalue weighted by Gasteiger charge is 2.18. The lowest BCUT2D eigenvalue weighted by molar-refractivity contribution is 0.174. The molecule has 2 aromatic carbocycles. The Morgan fingerprint density at radius 1 is 1.10 bits per heavy atom. The van der Waals surface area contributed by atoms with Crippen molar-refractivity contribution in [2.45, 2.75) is 11.8 Å². The zero-order valence-corrected chi connectivity index (χ0v) is 11.9. The largest absolute Gasteiger partial charge is 0.454 e. The lowest BCUT2D eigenvalue weighted by Gasteiger charge is -2.09. The maximum atomic E-state index is 13.2. The first-order chi connectivity index (χ1) is 9.95. The SMILES string of the molecule is Cc1cc(S(=O)(=O)Nc2ccc3c(c2)OCO3)ccc1F. The Hall–Kier alpha value is -2.28. The summed E-state index contributed by atoms with van der Waals surface area (Å²) in [6.45, 7) is 1.62. The third kappa shape index (κ3) is 2.64. The minimum Gasteiger partial charge on any atom is -0.454 e. The van der Waals surface area contributed by atoms with E-state index in [0.717, 1.165) is 6.07 Å². The van der Waals surface area contributed by atoms with Crippen molar-refractivity contribution < 1.29 is 22.3 Å². The van der Waals surface area contributed by atoms with Crippen molar-refractivity contribution in [2.24, 2.45) is 0 Å². The molecule has 0 spiro atoms. The molecule has 110 valence electrons. The number of ether oxygens (including phenoxy) is 2. The molecule has 21 heavy (non-hydrogen) atoms. The molecule has 2 aromatic rings. The molecule has 1 N–H and O–H groups in total. The van der Waals surface area contributed by atoms with Gasteiger partial charge in [-0.1, -0.05) is 0 Å². The van der Waals surface area contributed by atoms with Gasteiger partial charge in [0.15, 0.2) is 11.5 Å². The molecule has 0 fully saturated rings. The van der Waals surface area contributed by atoms with Crippen LogP contribution in [0, 0.1) is 12.7 Å². The highest BCUT2D eigenvalue weighted by Crippen LogP contribution is 2.34. The van der Waals surface area contributed by atoms with Crippen LogP contribution in [0.1, 0.15) is 5.56 Å². The van der Waals surface area contributed by atoms with Crippen molar-refractivity contribution in [3.05, 3.63) is 47.8 Å². The predicted molar refractivity (Wildman–Crippen MR) is 74.5 cm³/mol. The zero-order valence-electron chi connectivity index (χ0n) is 11.1. The maximum Gasteiger partial charge on any atom is 0.261 e. The number of sulfonamides is 1. The van der Waals surface area contributed by atoms with Crippen LogP contribution < -0.4 is 14.2 Å². The van der Waals surface area contributed by atoms with E-state index in [1.807, 2.05) is 0 Å². The molecular formula is C14H12FNO4S. The number of rotatable bonds is 3. The van der Waals surface area contributed by atoms with Crippen LogP contribution in [-0.4, -0.2) is 15.2 Å². The quantitative estimate of drug-likeness (QED) is 0.946. The first kappa shape index (κ1) is 13.7. The van der Waals surface area contributed by atoms with E-state index in [1.54, 1.807) is 12.1 Å². The second-order valence-electron chi connectivity index (χ2n) is 4.58. The Labute approximate surface area is 121 Å². The molecule has 0 bridgehead atoms. The topological polar surface area (TPSA) is 64.6 Å². The monoisotopic (exact) mass is 309 g/mol. The summed E-state index contributed by atoms with van der Waals surface area (Å²) in [5.41, 5.74) is 0.616. The second-order valence-corrected chi connectivity index (χ2v) is 6.27. The fourth-order valence-electron chi connectivity index (χ4n) is 1.96. The molecule has 0 aliphatic carbocycles. The molecule has 0 atom stereocenters. The zero-order chi connectivity index (χ0) is 15.0. The van der Waals surface area contributed by atoms with E-state index in [1.165, 1.54) is 25.1 Å². The molecule has 1 heterocycles. The van der Waals surface area contributed by atoms with Crippen molar-refractivity contribution in [1.29, 1.82) is 0 Å². The fourth-order valence-corrected chi connectivity index (χ4v) is 3.09. The van der Waals surface area contributed by atoms with Gasteiger partial charge in [-0.15, -0.1) is 0 Å². The van der Waals surface area contributed by atoms with Gasteiger partial charge in [-0.3, -0.25) is 4.72 Å². The van der Waals surface area contributed by atoms with E-state index in [9.17, 15) is 12.8 Å². The van der Waals surface area contributed by atoms with Gasteiger partial charge in [0, 0.05) is 6.07 Å². The van der Waals surface area contributed by atoms with Gasteiger partial charge in [0.2, 0.25) is 6.79 Å². The smallest absolute Gasteiger partial charge is 0.261 e. The van der Waals surface area contributed by atoms with Crippen LogP contribution in [0.15, 0.2) is 41.3 Å². The molecule has 0 saturated heterocycles. The average molecular weight is 309 g/mol. The minimum absolute atomic E-state index is 0.000864. The van der Waals surface area contributed by atoms with E-state index in [-0.39, 0.29) is 17.3 Å². The first-order valence-electron chi connectivity index (χ1n) is 6.14. The van der Waals surface area contributed by atoms with E-state index >= 15 is 0 Å². The molecule has 0 radical (unpaired) electrons. The number of benzene rings is 2. The summed E-state index contributed by atoms with van der Waals surface area (Å²) in [5, 5.41) is 0. The summed E-state index contributed by atoms with van der Waals surface area (Å²) in [7, 11) is -3.78. The second kappa shape index (κ2) is 4.92. The average Bonchev–Trinajstić information content (AvgIpc) is 2.88. The molecule has 0 unspecified atom stereocenters. The number of anilines is 1. The molecule has 3 rings (SSSR count). The Kier molecular flexibility index (Phi) is 3.21. The van der Waals surface area contributed by atoms with Crippen LogP contribution in [0.3, 0.4) is 0 Å². The number of halogens is 1. The van der Waals surface area contributed by atoms with Gasteiger partial charge in [-0.2, -0.15) is 0 Å². The molecule has 5 nitrogen and oxygen atoms in total. The summed E-state index contributed by atoms with van der Waals surface area (Å²) in [6.07, 6.45) is 0. The minimum atomic E-state index is -3.78. The van der Waals surface area contributed by atoms with Crippen molar-refractivity contribution in [1.82, 2.24) is 0 Å². The van der Waals surface area contributed by atoms with Crippen LogP contribution in [0.2, 0.25) is 0 Å². The van der Waals surface area contributed by atoms with Crippen molar-refractivity contribution in [3.8, 4) is 11.5 Å². The molecule has 0 aromatic heterocycles. The van der Waals surface area contributed by atoms with Crippen molar-refractivity contribution in [3.63, 3.8) is 0 Å². The van der Waals surface area contributed by atoms with Gasteiger partial charge in [0.05, 0.1) is 10.6 Å². The standard InChI is InChI=1S/C14H12FNO4S/c1-9-6-11(3-4-12(9)15)21(17,18)16-10-2-5-13-14(7-10)20-8-19-13/h2-7,16H,8H2,1H3. The van der Waals surface area contributed by atoms with E-state index in [4.69, 9.17) is 9.47 Å². The highest BCUT2D eigenvalue weighted by atomic mass is 32.2. The summed E-state index contributed by atoms with van der Waals surface area (Å²) in [5.74, 6) is 0.595. The maximum absolute atomic E-state index is 13.2. The summed E-state index contributed by atoms with van der Waals surface area (Å²) < 4.78 is 50.5. The summed E-state index contributed by atoms with van der Waals surface area (Å²) in [4.78, 5) is -0.000864. The van der Waals surface area contributed by atoms with E-state index in [2.05, 4.69) is 4.72 Å². The summed E-state index contributed by atoms with van der Waals surface area (Å²) >= 11 is 0. The number of nitrogens with one attached hydrogen (secondary N) is 1. The number of aryl methyl sites for hydroxylation is 1. The Morgan fingerprint density at radius 2 is 1.86 bits per heavy atom. The van der Waals surface area contributed by atoms with Crippen LogP contribution in [0.4, 0.5) is 10.1 Å². The highest BCUT2D eigenvalue weighted by molar-refractivity contribution is 7.92. The fraction of sp³-hybridized carbons (Fsp3) is 0.143. The van der Waals surface area contributed by atoms with Gasteiger partial charge >= 0.3 is 0 Å². The number of hydrogen-bond donors (Lipinski definition) is 1. The van der Waals surface area contributed by atoms with E-state index < -0.39 is 15.8 Å². The van der Waals surface area contributed by atoms with E-state index in [0.29, 0.717) is 17.2 Å². The lowest BCUT2D eigenvalue weighted by Crippen LogP contribution is -2.13. The molecule has 7 heteroatoms. The Balaban J connectivity index is 1.90. The van der Waals surface area contributed by atoms with Gasteiger partial charge in [-0.05, 0) is 42.8 Å².